The summed E-state index contributed by atoms with van der Waals surface area (Å²) in [6.07, 6.45) is 1.47. The molecule has 0 spiro atoms. The number of nitrogens with zero attached hydrogens (tertiary/aromatic N) is 3. The minimum atomic E-state index is -3.91. The van der Waals surface area contributed by atoms with Crippen molar-refractivity contribution in [2.24, 2.45) is 5.14 Å². The van der Waals surface area contributed by atoms with Crippen molar-refractivity contribution in [3.05, 3.63) is 29.7 Å². The topological polar surface area (TPSA) is 170 Å². The Morgan fingerprint density at radius 2 is 2.12 bits per heavy atom. The van der Waals surface area contributed by atoms with Crippen LogP contribution in [0.1, 0.15) is 17.3 Å². The summed E-state index contributed by atoms with van der Waals surface area (Å²) >= 11 is 0.783. The van der Waals surface area contributed by atoms with E-state index in [1.807, 2.05) is 0 Å². The number of aromatic amines is 1. The van der Waals surface area contributed by atoms with Gasteiger partial charge in [0, 0.05) is 5.38 Å². The van der Waals surface area contributed by atoms with Crippen LogP contribution in [-0.4, -0.2) is 46.3 Å². The van der Waals surface area contributed by atoms with Gasteiger partial charge in [0.05, 0.1) is 11.9 Å². The summed E-state index contributed by atoms with van der Waals surface area (Å²) < 4.78 is 27.3. The fourth-order valence-corrected chi connectivity index (χ4v) is 3.51. The van der Waals surface area contributed by atoms with Crippen LogP contribution in [0.25, 0.3) is 11.2 Å². The Balaban J connectivity index is 1.68. The molecule has 136 valence electrons. The number of thiophene rings is 1. The van der Waals surface area contributed by atoms with Crippen LogP contribution in [0.15, 0.2) is 28.3 Å². The average molecular weight is 396 g/mol. The minimum absolute atomic E-state index is 0.0170. The second-order valence-electron chi connectivity index (χ2n) is 5.06. The molecule has 3 heterocycles. The fourth-order valence-electron chi connectivity index (χ4n) is 1.93. The van der Waals surface area contributed by atoms with Gasteiger partial charge in [-0.1, -0.05) is 0 Å². The lowest BCUT2D eigenvalue weighted by atomic mass is 10.3. The van der Waals surface area contributed by atoms with Crippen LogP contribution >= 0.6 is 11.3 Å². The molecule has 0 aliphatic carbocycles. The molecule has 26 heavy (non-hydrogen) atoms. The summed E-state index contributed by atoms with van der Waals surface area (Å²) in [5.74, 6) is -1.30. The summed E-state index contributed by atoms with van der Waals surface area (Å²) in [4.78, 5) is 38.8. The van der Waals surface area contributed by atoms with Crippen LogP contribution in [0, 0.1) is 0 Å². The number of H-pyrrole nitrogens is 1. The number of esters is 1. The molecule has 1 atom stereocenters. The molecule has 0 saturated heterocycles. The maximum absolute atomic E-state index is 12.2. The number of carbonyl (C=O) groups excluding carboxylic acids is 2. The van der Waals surface area contributed by atoms with Gasteiger partial charge >= 0.3 is 5.97 Å². The zero-order chi connectivity index (χ0) is 18.9. The van der Waals surface area contributed by atoms with Gasteiger partial charge in [0.2, 0.25) is 10.0 Å². The molecule has 3 aromatic rings. The molecule has 13 heteroatoms. The van der Waals surface area contributed by atoms with Crippen molar-refractivity contribution in [2.45, 2.75) is 17.2 Å². The number of nitrogens with one attached hydrogen (secondary N) is 2. The summed E-state index contributed by atoms with van der Waals surface area (Å²) in [6, 6.07) is 1.09. The van der Waals surface area contributed by atoms with E-state index in [-0.39, 0.29) is 15.6 Å². The lowest BCUT2D eigenvalue weighted by Gasteiger charge is -2.12. The number of imidazole rings is 1. The van der Waals surface area contributed by atoms with Gasteiger partial charge in [-0.15, -0.1) is 11.3 Å². The Bertz CT molecular complexity index is 1090. The van der Waals surface area contributed by atoms with E-state index in [0.29, 0.717) is 11.2 Å². The highest BCUT2D eigenvalue weighted by atomic mass is 32.2. The standard InChI is InChI=1S/C13H12N6O5S2/c1-6(24-13(21)7-2-8(25-3-7)26(14,22)23)12(20)19-11-9-10(16-4-15-9)17-5-18-11/h2-6H,1H3,(H2,14,22,23)(H2,15,16,17,18,19,20). The third-order valence-electron chi connectivity index (χ3n) is 3.21. The first-order chi connectivity index (χ1) is 12.3. The molecule has 0 aliphatic rings. The predicted octanol–water partition coefficient (Wildman–Crippen LogP) is 0.246. The first kappa shape index (κ1) is 17.9. The van der Waals surface area contributed by atoms with E-state index in [1.54, 1.807) is 0 Å². The molecule has 0 bridgehead atoms. The smallest absolute Gasteiger partial charge is 0.339 e. The van der Waals surface area contributed by atoms with Crippen LogP contribution in [0.4, 0.5) is 5.82 Å². The summed E-state index contributed by atoms with van der Waals surface area (Å²) in [6.45, 7) is 1.37. The number of nitrogens with two attached hydrogens (primary N) is 1. The molecule has 3 rings (SSSR count). The summed E-state index contributed by atoms with van der Waals surface area (Å²) in [5.41, 5.74) is 0.778. The molecule has 3 aromatic heterocycles. The highest BCUT2D eigenvalue weighted by Gasteiger charge is 2.22. The number of hydrogen-bond acceptors (Lipinski definition) is 9. The quantitative estimate of drug-likeness (QED) is 0.515. The van der Waals surface area contributed by atoms with Crippen molar-refractivity contribution in [3.8, 4) is 0 Å². The SMILES string of the molecule is CC(OC(=O)c1csc(S(N)(=O)=O)c1)C(=O)Nc1ncnc2nc[nH]c12. The van der Waals surface area contributed by atoms with E-state index in [0.717, 1.165) is 17.4 Å². The van der Waals surface area contributed by atoms with Crippen molar-refractivity contribution in [3.63, 3.8) is 0 Å². The summed E-state index contributed by atoms with van der Waals surface area (Å²) in [5, 5.41) is 8.78. The van der Waals surface area contributed by atoms with Gasteiger partial charge in [0.15, 0.2) is 17.6 Å². The number of amides is 1. The molecular formula is C13H12N6O5S2. The van der Waals surface area contributed by atoms with Crippen LogP contribution in [0.2, 0.25) is 0 Å². The Kier molecular flexibility index (Phi) is 4.67. The minimum Gasteiger partial charge on any atom is -0.449 e. The average Bonchev–Trinajstić information content (AvgIpc) is 3.24. The van der Waals surface area contributed by atoms with Gasteiger partial charge in [-0.05, 0) is 13.0 Å². The molecule has 4 N–H and O–H groups in total. The molecule has 11 nitrogen and oxygen atoms in total. The van der Waals surface area contributed by atoms with Gasteiger partial charge < -0.3 is 15.0 Å². The molecule has 0 saturated carbocycles. The summed E-state index contributed by atoms with van der Waals surface area (Å²) in [7, 11) is -3.91. The number of primary sulfonamides is 1. The van der Waals surface area contributed by atoms with Crippen LogP contribution < -0.4 is 10.5 Å². The van der Waals surface area contributed by atoms with E-state index in [4.69, 9.17) is 9.88 Å². The Morgan fingerprint density at radius 3 is 2.81 bits per heavy atom. The number of fused-ring (bicyclic) bond motifs is 1. The molecule has 0 radical (unpaired) electrons. The number of aromatic nitrogens is 4. The first-order valence-electron chi connectivity index (χ1n) is 7.03. The zero-order valence-electron chi connectivity index (χ0n) is 13.2. The number of rotatable bonds is 5. The van der Waals surface area contributed by atoms with E-state index in [1.165, 1.54) is 25.0 Å². The second kappa shape index (κ2) is 6.78. The number of ether oxygens (including phenoxy) is 1. The number of anilines is 1. The predicted molar refractivity (Wildman–Crippen MR) is 90.9 cm³/mol. The molecule has 1 amide bonds. The normalized spacial score (nSPS) is 12.7. The zero-order valence-corrected chi connectivity index (χ0v) is 14.8. The molecular weight excluding hydrogens is 384 g/mol. The second-order valence-corrected chi connectivity index (χ2v) is 7.76. The first-order valence-corrected chi connectivity index (χ1v) is 9.45. The molecule has 0 fully saturated rings. The van der Waals surface area contributed by atoms with Crippen molar-refractivity contribution < 1.29 is 22.7 Å². The van der Waals surface area contributed by atoms with Gasteiger partial charge in [0.1, 0.15) is 16.1 Å². The van der Waals surface area contributed by atoms with E-state index >= 15 is 0 Å². The molecule has 0 aliphatic heterocycles. The van der Waals surface area contributed by atoms with Gasteiger partial charge in [-0.3, -0.25) is 4.79 Å². The Hall–Kier alpha value is -2.90. The number of hydrogen-bond donors (Lipinski definition) is 3. The highest BCUT2D eigenvalue weighted by molar-refractivity contribution is 7.91. The maximum Gasteiger partial charge on any atom is 0.339 e. The van der Waals surface area contributed by atoms with Crippen molar-refractivity contribution >= 4 is 50.2 Å². The third-order valence-corrected chi connectivity index (χ3v) is 5.60. The Morgan fingerprint density at radius 1 is 1.35 bits per heavy atom. The third kappa shape index (κ3) is 3.68. The van der Waals surface area contributed by atoms with E-state index in [2.05, 4.69) is 25.3 Å². The highest BCUT2D eigenvalue weighted by Crippen LogP contribution is 2.20. The van der Waals surface area contributed by atoms with Crippen molar-refractivity contribution in [1.82, 2.24) is 19.9 Å². The van der Waals surface area contributed by atoms with Gasteiger partial charge in [0.25, 0.3) is 5.91 Å². The number of sulfonamides is 1. The van der Waals surface area contributed by atoms with E-state index in [9.17, 15) is 18.0 Å². The van der Waals surface area contributed by atoms with Crippen LogP contribution in [-0.2, 0) is 19.6 Å². The number of carbonyl (C=O) groups is 2. The van der Waals surface area contributed by atoms with Crippen LogP contribution in [0.5, 0.6) is 0 Å². The van der Waals surface area contributed by atoms with Crippen molar-refractivity contribution in [1.29, 1.82) is 0 Å². The van der Waals surface area contributed by atoms with Gasteiger partial charge in [-0.25, -0.2) is 33.3 Å². The molecule has 1 unspecified atom stereocenters. The lowest BCUT2D eigenvalue weighted by molar-refractivity contribution is -0.123. The maximum atomic E-state index is 12.2. The Labute approximate surface area is 150 Å². The fraction of sp³-hybridized carbons (Fsp3) is 0.154. The van der Waals surface area contributed by atoms with Crippen LogP contribution in [0.3, 0.4) is 0 Å². The lowest BCUT2D eigenvalue weighted by Crippen LogP contribution is -2.30. The van der Waals surface area contributed by atoms with Gasteiger partial charge in [-0.2, -0.15) is 0 Å². The largest absolute Gasteiger partial charge is 0.449 e. The monoisotopic (exact) mass is 396 g/mol. The van der Waals surface area contributed by atoms with Crippen molar-refractivity contribution in [2.75, 3.05) is 5.32 Å². The van der Waals surface area contributed by atoms with E-state index < -0.39 is 28.0 Å². The molecule has 0 aromatic carbocycles.